The molecule has 2 saturated heterocycles. The third kappa shape index (κ3) is 4.85. The molecule has 7 rings (SSSR count). The highest BCUT2D eigenvalue weighted by atomic mass is 16.5. The fourth-order valence-electron chi connectivity index (χ4n) is 11.4. The van der Waals surface area contributed by atoms with E-state index in [-0.39, 0.29) is 46.9 Å². The molecule has 8 heteroatoms. The number of Topliss-reactive ketones (excluding diaryl/α,β-unsaturated/α-hetero) is 1. The van der Waals surface area contributed by atoms with Crippen LogP contribution in [-0.2, 0) is 25.7 Å². The van der Waals surface area contributed by atoms with Gasteiger partial charge in [-0.3, -0.25) is 24.7 Å². The number of hydrogen-bond donors (Lipinski definition) is 3. The van der Waals surface area contributed by atoms with Crippen LogP contribution in [-0.4, -0.2) is 47.0 Å². The zero-order valence-electron chi connectivity index (χ0n) is 27.1. The van der Waals surface area contributed by atoms with Crippen molar-refractivity contribution >= 4 is 17.6 Å². The van der Waals surface area contributed by atoms with E-state index in [1.807, 2.05) is 18.2 Å². The zero-order valence-corrected chi connectivity index (χ0v) is 27.1. The van der Waals surface area contributed by atoms with Gasteiger partial charge in [0.15, 0.2) is 0 Å². The van der Waals surface area contributed by atoms with E-state index in [2.05, 4.69) is 48.6 Å². The number of pyridine rings is 1. The van der Waals surface area contributed by atoms with E-state index in [9.17, 15) is 14.4 Å². The highest BCUT2D eigenvalue weighted by Crippen LogP contribution is 2.70. The summed E-state index contributed by atoms with van der Waals surface area (Å²) in [7, 11) is 0. The summed E-state index contributed by atoms with van der Waals surface area (Å²) in [5, 5.41) is 9.79. The van der Waals surface area contributed by atoms with Gasteiger partial charge in [0.25, 0.3) is 0 Å². The van der Waals surface area contributed by atoms with Gasteiger partial charge in [0.1, 0.15) is 17.9 Å². The molecule has 3 N–H and O–H groups in total. The molecular weight excluding hydrogens is 552 g/mol. The molecule has 0 radical (unpaired) electrons. The van der Waals surface area contributed by atoms with E-state index < -0.39 is 0 Å². The summed E-state index contributed by atoms with van der Waals surface area (Å²) >= 11 is 0. The average Bonchev–Trinajstić information content (AvgIpc) is 3.45. The smallest absolute Gasteiger partial charge is 0.229 e. The molecule has 8 nitrogen and oxygen atoms in total. The van der Waals surface area contributed by atoms with Gasteiger partial charge in [0, 0.05) is 42.5 Å². The van der Waals surface area contributed by atoms with Crippen LogP contribution in [0.5, 0.6) is 0 Å². The minimum absolute atomic E-state index is 0.0901. The van der Waals surface area contributed by atoms with Gasteiger partial charge in [-0.05, 0) is 98.5 Å². The second-order valence-corrected chi connectivity index (χ2v) is 16.0. The van der Waals surface area contributed by atoms with Crippen molar-refractivity contribution in [1.29, 1.82) is 0 Å². The molecule has 1 aromatic heterocycles. The maximum absolute atomic E-state index is 14.4. The van der Waals surface area contributed by atoms with Crippen molar-refractivity contribution in [3.63, 3.8) is 0 Å². The lowest BCUT2D eigenvalue weighted by Gasteiger charge is -2.60. The maximum atomic E-state index is 14.4. The fourth-order valence-corrected chi connectivity index (χ4v) is 11.4. The molecule has 4 saturated carbocycles. The number of fused-ring (bicyclic) bond motifs is 7. The Balaban J connectivity index is 0.977. The molecule has 6 aliphatic rings. The van der Waals surface area contributed by atoms with Crippen molar-refractivity contribution in [3.8, 4) is 0 Å². The minimum Gasteiger partial charge on any atom is -0.357 e. The third-order valence-electron chi connectivity index (χ3n) is 13.9. The first-order chi connectivity index (χ1) is 21.0. The van der Waals surface area contributed by atoms with Crippen molar-refractivity contribution in [2.45, 2.75) is 116 Å². The number of carbonyl (C=O) groups excluding carboxylic acids is 3. The van der Waals surface area contributed by atoms with Crippen LogP contribution in [0.25, 0.3) is 0 Å². The normalized spacial score (nSPS) is 46.0. The van der Waals surface area contributed by atoms with Crippen molar-refractivity contribution in [1.82, 2.24) is 20.9 Å². The molecule has 12 atom stereocenters. The number of piperidine rings is 1. The summed E-state index contributed by atoms with van der Waals surface area (Å²) in [6, 6.07) is 5.66. The molecular formula is C36H52N4O4. The topological polar surface area (TPSA) is 109 Å². The van der Waals surface area contributed by atoms with Gasteiger partial charge >= 0.3 is 0 Å². The molecule has 1 spiro atoms. The number of ether oxygens (including phenoxy) is 1. The summed E-state index contributed by atoms with van der Waals surface area (Å²) in [6.45, 7) is 10.8. The number of nitrogens with one attached hydrogen (secondary N) is 3. The van der Waals surface area contributed by atoms with Crippen molar-refractivity contribution in [3.05, 3.63) is 30.1 Å². The molecule has 1 aromatic rings. The predicted octanol–water partition coefficient (Wildman–Crippen LogP) is 4.77. The van der Waals surface area contributed by atoms with Crippen LogP contribution in [0, 0.1) is 52.3 Å². The number of amides is 2. The Labute approximate surface area is 262 Å². The SMILES string of the molecule is C[C@H]1CC[C@@]2(NC1)O[C@H]1C[C@H]3[C@@H]4CC[C@@H]5C[C@@H](NC(=O)CC(=O)NCc6ccccn6)CC[C@]5(C)[C@H]4CC(=O)[C@]3(C)[C@H]1[C@@H]2C. The quantitative estimate of drug-likeness (QED) is 0.418. The van der Waals surface area contributed by atoms with Gasteiger partial charge < -0.3 is 15.4 Å². The van der Waals surface area contributed by atoms with Gasteiger partial charge in [-0.15, -0.1) is 0 Å². The molecule has 44 heavy (non-hydrogen) atoms. The molecule has 2 amide bonds. The van der Waals surface area contributed by atoms with E-state index in [1.165, 1.54) is 12.8 Å². The van der Waals surface area contributed by atoms with Crippen LogP contribution in [0.2, 0.25) is 0 Å². The van der Waals surface area contributed by atoms with Gasteiger partial charge in [0.05, 0.1) is 18.3 Å². The minimum atomic E-state index is -0.287. The summed E-state index contributed by atoms with van der Waals surface area (Å²) in [5.41, 5.74) is 0.352. The highest BCUT2D eigenvalue weighted by Gasteiger charge is 2.71. The second kappa shape index (κ2) is 11.2. The van der Waals surface area contributed by atoms with Gasteiger partial charge in [-0.1, -0.05) is 33.8 Å². The number of aromatic nitrogens is 1. The Kier molecular flexibility index (Phi) is 7.71. The van der Waals surface area contributed by atoms with E-state index in [0.717, 1.165) is 50.8 Å². The van der Waals surface area contributed by atoms with Crippen LogP contribution >= 0.6 is 0 Å². The standard InChI is InChI=1S/C36H52N4O4/c1-21-10-13-36(39-19-21)22(2)33-29(44-36)16-28-26-9-8-23-15-24(11-12-34(23,3)27(26)17-30(41)35(28,33)4)40-32(43)18-31(42)38-20-25-7-5-6-14-37-25/h5-7,14,21-24,26-29,33,39H,8-13,15-20H2,1-4H3,(H,38,42)(H,40,43)/t21-,22-,23+,24-,26+,27-,28-,29-,33-,34-,35+,36+/m0/s1. The lowest BCUT2D eigenvalue weighted by atomic mass is 9.44. The predicted molar refractivity (Wildman–Crippen MR) is 167 cm³/mol. The largest absolute Gasteiger partial charge is 0.357 e. The summed E-state index contributed by atoms with van der Waals surface area (Å²) in [4.78, 5) is 43.8. The average molecular weight is 605 g/mol. The highest BCUT2D eigenvalue weighted by molar-refractivity contribution is 5.96. The Bertz CT molecular complexity index is 1280. The summed E-state index contributed by atoms with van der Waals surface area (Å²) in [5.74, 6) is 3.22. The molecule has 2 aliphatic heterocycles. The third-order valence-corrected chi connectivity index (χ3v) is 13.9. The van der Waals surface area contributed by atoms with Crippen molar-refractivity contribution in [2.75, 3.05) is 6.54 Å². The molecule has 0 unspecified atom stereocenters. The van der Waals surface area contributed by atoms with E-state index in [0.29, 0.717) is 60.2 Å². The number of rotatable bonds is 5. The zero-order chi connectivity index (χ0) is 30.9. The van der Waals surface area contributed by atoms with Crippen LogP contribution in [0.3, 0.4) is 0 Å². The number of nitrogens with zero attached hydrogens (tertiary/aromatic N) is 1. The maximum Gasteiger partial charge on any atom is 0.229 e. The lowest BCUT2D eigenvalue weighted by Crippen LogP contribution is -2.60. The first kappa shape index (κ1) is 30.3. The molecule has 240 valence electrons. The van der Waals surface area contributed by atoms with Crippen LogP contribution in [0.15, 0.2) is 24.4 Å². The Morgan fingerprint density at radius 2 is 1.89 bits per heavy atom. The van der Waals surface area contributed by atoms with Crippen molar-refractivity contribution in [2.24, 2.45) is 52.3 Å². The number of ketones is 1. The monoisotopic (exact) mass is 604 g/mol. The Morgan fingerprint density at radius 3 is 2.64 bits per heavy atom. The molecule has 0 aromatic carbocycles. The van der Waals surface area contributed by atoms with Gasteiger partial charge in [-0.25, -0.2) is 0 Å². The number of carbonyl (C=O) groups is 3. The van der Waals surface area contributed by atoms with E-state index in [1.54, 1.807) is 6.20 Å². The molecule has 4 aliphatic carbocycles. The summed E-state index contributed by atoms with van der Waals surface area (Å²) in [6.07, 6.45) is 10.9. The number of hydrogen-bond acceptors (Lipinski definition) is 6. The van der Waals surface area contributed by atoms with Crippen LogP contribution in [0.1, 0.15) is 97.6 Å². The van der Waals surface area contributed by atoms with E-state index >= 15 is 0 Å². The first-order valence-electron chi connectivity index (χ1n) is 17.5. The first-order valence-corrected chi connectivity index (χ1v) is 17.5. The molecule has 3 heterocycles. The Hall–Kier alpha value is -2.32. The second-order valence-electron chi connectivity index (χ2n) is 16.0. The molecule has 6 fully saturated rings. The van der Waals surface area contributed by atoms with E-state index in [4.69, 9.17) is 4.74 Å². The fraction of sp³-hybridized carbons (Fsp3) is 0.778. The lowest BCUT2D eigenvalue weighted by molar-refractivity contribution is -0.160. The summed E-state index contributed by atoms with van der Waals surface area (Å²) < 4.78 is 6.97. The Morgan fingerprint density at radius 1 is 1.05 bits per heavy atom. The van der Waals surface area contributed by atoms with Crippen LogP contribution < -0.4 is 16.0 Å². The van der Waals surface area contributed by atoms with Gasteiger partial charge in [0.2, 0.25) is 11.8 Å². The van der Waals surface area contributed by atoms with Gasteiger partial charge in [-0.2, -0.15) is 0 Å². The van der Waals surface area contributed by atoms with Crippen molar-refractivity contribution < 1.29 is 19.1 Å². The van der Waals surface area contributed by atoms with Crippen LogP contribution in [0.4, 0.5) is 0 Å². The molecule has 0 bridgehead atoms.